The Labute approximate surface area is 197 Å². The van der Waals surface area contributed by atoms with E-state index < -0.39 is 9.84 Å². The molecule has 4 aromatic carbocycles. The van der Waals surface area contributed by atoms with Gasteiger partial charge in [-0.2, -0.15) is 4.98 Å². The largest absolute Gasteiger partial charge is 0.383 e. The highest BCUT2D eigenvalue weighted by molar-refractivity contribution is 7.91. The van der Waals surface area contributed by atoms with Crippen LogP contribution in [-0.4, -0.2) is 25.4 Å². The van der Waals surface area contributed by atoms with Gasteiger partial charge in [0.05, 0.1) is 15.3 Å². The third kappa shape index (κ3) is 3.88. The molecule has 0 amide bonds. The van der Waals surface area contributed by atoms with Gasteiger partial charge in [0, 0.05) is 30.1 Å². The molecule has 0 fully saturated rings. The van der Waals surface area contributed by atoms with E-state index in [4.69, 9.17) is 11.5 Å². The number of hydrogen-bond donors (Lipinski definition) is 2. The maximum Gasteiger partial charge on any atom is 0.222 e. The zero-order valence-electron chi connectivity index (χ0n) is 18.5. The van der Waals surface area contributed by atoms with Gasteiger partial charge in [-0.25, -0.2) is 13.4 Å². The highest BCUT2D eigenvalue weighted by atomic mass is 32.2. The summed E-state index contributed by atoms with van der Waals surface area (Å²) < 4.78 is 26.7. The van der Waals surface area contributed by atoms with Gasteiger partial charge in [-0.15, -0.1) is 0 Å². The van der Waals surface area contributed by atoms with Crippen molar-refractivity contribution in [3.05, 3.63) is 90.5 Å². The SMILES string of the molecule is CN(Cc1ccc(S(=O)(=O)c2cccc3ccccc23)cc1)c1ccc2nc(N)nc(N)c2c1. The van der Waals surface area contributed by atoms with E-state index >= 15 is 0 Å². The molecule has 5 rings (SSSR count). The van der Waals surface area contributed by atoms with Crippen molar-refractivity contribution in [1.82, 2.24) is 9.97 Å². The van der Waals surface area contributed by atoms with Gasteiger partial charge >= 0.3 is 0 Å². The first-order chi connectivity index (χ1) is 16.3. The molecule has 0 aliphatic heterocycles. The van der Waals surface area contributed by atoms with Crippen LogP contribution in [0.25, 0.3) is 21.7 Å². The molecule has 0 aliphatic carbocycles. The minimum absolute atomic E-state index is 0.143. The topological polar surface area (TPSA) is 115 Å². The minimum atomic E-state index is -3.65. The Bertz CT molecular complexity index is 1630. The molecule has 0 spiro atoms. The molecule has 0 saturated carbocycles. The predicted octanol–water partition coefficient (Wildman–Crippen LogP) is 4.42. The lowest BCUT2D eigenvalue weighted by Crippen LogP contribution is -2.16. The Hall–Kier alpha value is -4.17. The lowest BCUT2D eigenvalue weighted by molar-refractivity contribution is 0.597. The van der Waals surface area contributed by atoms with Crippen molar-refractivity contribution < 1.29 is 8.42 Å². The Morgan fingerprint density at radius 1 is 0.824 bits per heavy atom. The maximum atomic E-state index is 13.3. The minimum Gasteiger partial charge on any atom is -0.383 e. The summed E-state index contributed by atoms with van der Waals surface area (Å²) in [6.45, 7) is 0.579. The molecule has 1 aromatic heterocycles. The van der Waals surface area contributed by atoms with E-state index in [2.05, 4.69) is 9.97 Å². The van der Waals surface area contributed by atoms with Crippen molar-refractivity contribution in [3.63, 3.8) is 0 Å². The third-order valence-electron chi connectivity index (χ3n) is 5.86. The van der Waals surface area contributed by atoms with E-state index in [0.717, 1.165) is 27.4 Å². The fourth-order valence-electron chi connectivity index (χ4n) is 4.09. The molecule has 170 valence electrons. The van der Waals surface area contributed by atoms with E-state index in [0.29, 0.717) is 22.8 Å². The van der Waals surface area contributed by atoms with Gasteiger partial charge in [-0.3, -0.25) is 0 Å². The molecule has 0 unspecified atom stereocenters. The lowest BCUT2D eigenvalue weighted by atomic mass is 10.1. The van der Waals surface area contributed by atoms with Crippen molar-refractivity contribution in [2.45, 2.75) is 16.3 Å². The first kappa shape index (κ1) is 21.7. The Balaban J connectivity index is 1.40. The molecule has 34 heavy (non-hydrogen) atoms. The number of aromatic nitrogens is 2. The average Bonchev–Trinajstić information content (AvgIpc) is 2.83. The first-order valence-corrected chi connectivity index (χ1v) is 12.2. The Morgan fingerprint density at radius 3 is 2.35 bits per heavy atom. The molecular weight excluding hydrogens is 446 g/mol. The number of sulfone groups is 1. The molecule has 5 aromatic rings. The summed E-state index contributed by atoms with van der Waals surface area (Å²) in [5.74, 6) is 0.477. The molecule has 0 radical (unpaired) electrons. The van der Waals surface area contributed by atoms with Crippen LogP contribution in [0.15, 0.2) is 94.7 Å². The number of rotatable bonds is 5. The van der Waals surface area contributed by atoms with Gasteiger partial charge in [0.25, 0.3) is 0 Å². The van der Waals surface area contributed by atoms with E-state index in [-0.39, 0.29) is 10.8 Å². The smallest absolute Gasteiger partial charge is 0.222 e. The van der Waals surface area contributed by atoms with Gasteiger partial charge in [0.15, 0.2) is 0 Å². The van der Waals surface area contributed by atoms with E-state index in [1.807, 2.05) is 72.6 Å². The second kappa shape index (κ2) is 8.31. The van der Waals surface area contributed by atoms with Crippen molar-refractivity contribution in [2.24, 2.45) is 0 Å². The first-order valence-electron chi connectivity index (χ1n) is 10.7. The summed E-state index contributed by atoms with van der Waals surface area (Å²) in [5.41, 5.74) is 14.3. The highest BCUT2D eigenvalue weighted by Gasteiger charge is 2.20. The van der Waals surface area contributed by atoms with Crippen LogP contribution in [0.5, 0.6) is 0 Å². The summed E-state index contributed by atoms with van der Waals surface area (Å²) in [6.07, 6.45) is 0. The van der Waals surface area contributed by atoms with Crippen LogP contribution in [0.3, 0.4) is 0 Å². The standard InChI is InChI=1S/C26H23N5O2S/c1-31(19-11-14-23-22(15-19)25(27)30-26(28)29-23)16-17-9-12-20(13-10-17)34(32,33)24-8-4-6-18-5-2-3-7-21(18)24/h2-15H,16H2,1H3,(H4,27,28,29,30). The summed E-state index contributed by atoms with van der Waals surface area (Å²) in [5, 5.41) is 2.34. The van der Waals surface area contributed by atoms with Gasteiger partial charge in [0.1, 0.15) is 5.82 Å². The molecule has 7 nitrogen and oxygen atoms in total. The fraction of sp³-hybridized carbons (Fsp3) is 0.0769. The van der Waals surface area contributed by atoms with Crippen LogP contribution in [0.2, 0.25) is 0 Å². The second-order valence-corrected chi connectivity index (χ2v) is 10.1. The summed E-state index contributed by atoms with van der Waals surface area (Å²) in [4.78, 5) is 10.9. The van der Waals surface area contributed by atoms with Crippen LogP contribution < -0.4 is 16.4 Å². The summed E-state index contributed by atoms with van der Waals surface area (Å²) in [6, 6.07) is 25.6. The predicted molar refractivity (Wildman–Crippen MR) is 136 cm³/mol. The van der Waals surface area contributed by atoms with Crippen LogP contribution >= 0.6 is 0 Å². The normalized spacial score (nSPS) is 11.7. The number of nitrogens with two attached hydrogens (primary N) is 2. The Morgan fingerprint density at radius 2 is 1.56 bits per heavy atom. The number of benzene rings is 4. The highest BCUT2D eigenvalue weighted by Crippen LogP contribution is 2.29. The molecule has 8 heteroatoms. The fourth-order valence-corrected chi connectivity index (χ4v) is 5.57. The monoisotopic (exact) mass is 469 g/mol. The van der Waals surface area contributed by atoms with E-state index in [1.165, 1.54) is 0 Å². The Kier molecular flexibility index (Phi) is 5.30. The van der Waals surface area contributed by atoms with Gasteiger partial charge in [0.2, 0.25) is 15.8 Å². The average molecular weight is 470 g/mol. The maximum absolute atomic E-state index is 13.3. The molecule has 4 N–H and O–H groups in total. The molecule has 0 bridgehead atoms. The zero-order valence-corrected chi connectivity index (χ0v) is 19.3. The van der Waals surface area contributed by atoms with Crippen molar-refractivity contribution in [2.75, 3.05) is 23.4 Å². The van der Waals surface area contributed by atoms with Crippen LogP contribution in [0.1, 0.15) is 5.56 Å². The van der Waals surface area contributed by atoms with Gasteiger partial charge in [-0.05, 0) is 47.3 Å². The van der Waals surface area contributed by atoms with E-state index in [1.54, 1.807) is 24.3 Å². The number of anilines is 3. The number of nitrogens with zero attached hydrogens (tertiary/aromatic N) is 3. The molecule has 1 heterocycles. The number of fused-ring (bicyclic) bond motifs is 2. The number of nitrogen functional groups attached to an aromatic ring is 2. The molecule has 0 aliphatic rings. The lowest BCUT2D eigenvalue weighted by Gasteiger charge is -2.20. The molecular formula is C26H23N5O2S. The second-order valence-electron chi connectivity index (χ2n) is 8.15. The quantitative estimate of drug-likeness (QED) is 0.391. The van der Waals surface area contributed by atoms with Crippen LogP contribution in [0.4, 0.5) is 17.5 Å². The number of hydrogen-bond acceptors (Lipinski definition) is 7. The van der Waals surface area contributed by atoms with Gasteiger partial charge in [-0.1, -0.05) is 48.5 Å². The van der Waals surface area contributed by atoms with Crippen molar-refractivity contribution in [3.8, 4) is 0 Å². The van der Waals surface area contributed by atoms with Crippen LogP contribution in [0, 0.1) is 0 Å². The molecule has 0 saturated heterocycles. The molecule has 0 atom stereocenters. The van der Waals surface area contributed by atoms with Crippen molar-refractivity contribution >= 4 is 49.0 Å². The van der Waals surface area contributed by atoms with E-state index in [9.17, 15) is 8.42 Å². The van der Waals surface area contributed by atoms with Crippen LogP contribution in [-0.2, 0) is 16.4 Å². The third-order valence-corrected chi connectivity index (χ3v) is 7.69. The van der Waals surface area contributed by atoms with Gasteiger partial charge < -0.3 is 16.4 Å². The summed E-state index contributed by atoms with van der Waals surface area (Å²) >= 11 is 0. The summed E-state index contributed by atoms with van der Waals surface area (Å²) in [7, 11) is -1.69. The zero-order chi connectivity index (χ0) is 23.9. The van der Waals surface area contributed by atoms with Crippen molar-refractivity contribution in [1.29, 1.82) is 0 Å².